The number of hydrogen-bond acceptors (Lipinski definition) is 6. The van der Waals surface area contributed by atoms with Gasteiger partial charge in [-0.05, 0) is 36.5 Å². The summed E-state index contributed by atoms with van der Waals surface area (Å²) in [6.45, 7) is 0. The number of amides is 2. The minimum absolute atomic E-state index is 0.00662. The van der Waals surface area contributed by atoms with Gasteiger partial charge in [0, 0.05) is 43.6 Å². The van der Waals surface area contributed by atoms with Crippen LogP contribution in [-0.4, -0.2) is 55.0 Å². The van der Waals surface area contributed by atoms with Crippen molar-refractivity contribution in [1.29, 1.82) is 0 Å². The van der Waals surface area contributed by atoms with Gasteiger partial charge < -0.3 is 15.7 Å². The molecule has 1 aliphatic rings. The zero-order valence-corrected chi connectivity index (χ0v) is 21.9. The molecule has 2 amide bonds. The van der Waals surface area contributed by atoms with Crippen LogP contribution >= 0.6 is 0 Å². The molecular formula is C26H27F7N6O3. The average Bonchev–Trinajstić information content (AvgIpc) is 3.33. The van der Waals surface area contributed by atoms with Crippen molar-refractivity contribution in [2.24, 2.45) is 5.92 Å². The number of carbonyl (C=O) groups excluding carboxylic acids is 2. The van der Waals surface area contributed by atoms with E-state index in [4.69, 9.17) is 0 Å². The molecule has 3 aromatic heterocycles. The Hall–Kier alpha value is -3.82. The van der Waals surface area contributed by atoms with Crippen LogP contribution in [0.2, 0.25) is 0 Å². The predicted octanol–water partition coefficient (Wildman–Crippen LogP) is 4.68. The Morgan fingerprint density at radius 3 is 2.48 bits per heavy atom. The quantitative estimate of drug-likeness (QED) is 0.228. The van der Waals surface area contributed by atoms with Crippen LogP contribution in [0.15, 0.2) is 36.9 Å². The third kappa shape index (κ3) is 8.36. The van der Waals surface area contributed by atoms with E-state index >= 15 is 0 Å². The lowest BCUT2D eigenvalue weighted by atomic mass is 9.81. The first-order valence-corrected chi connectivity index (χ1v) is 13.0. The minimum Gasteiger partial charge on any atom is -0.369 e. The fourth-order valence-corrected chi connectivity index (χ4v) is 4.73. The topological polar surface area (TPSA) is 122 Å². The number of pyridine rings is 1. The second-order valence-electron chi connectivity index (χ2n) is 10.2. The molecule has 0 bridgehead atoms. The van der Waals surface area contributed by atoms with Crippen LogP contribution in [0.25, 0.3) is 5.65 Å². The molecule has 1 saturated carbocycles. The van der Waals surface area contributed by atoms with Gasteiger partial charge in [0.05, 0.1) is 36.1 Å². The number of aliphatic hydroxyl groups excluding tert-OH is 1. The maximum Gasteiger partial charge on any atom is 0.389 e. The Balaban J connectivity index is 1.56. The molecular weight excluding hydrogens is 577 g/mol. The number of fused-ring (bicyclic) bond motifs is 1. The Morgan fingerprint density at radius 1 is 1.10 bits per heavy atom. The largest absolute Gasteiger partial charge is 0.389 e. The lowest BCUT2D eigenvalue weighted by Gasteiger charge is -2.33. The second kappa shape index (κ2) is 12.6. The van der Waals surface area contributed by atoms with Crippen molar-refractivity contribution in [3.8, 4) is 0 Å². The van der Waals surface area contributed by atoms with Crippen LogP contribution < -0.4 is 10.6 Å². The highest BCUT2D eigenvalue weighted by Crippen LogP contribution is 2.41. The first-order valence-electron chi connectivity index (χ1n) is 13.0. The van der Waals surface area contributed by atoms with Crippen LogP contribution in [0, 0.1) is 5.92 Å². The number of halogens is 7. The number of carbonyl (C=O) groups is 2. The van der Waals surface area contributed by atoms with Gasteiger partial charge in [0.15, 0.2) is 11.9 Å². The molecule has 3 N–H and O–H groups in total. The first-order chi connectivity index (χ1) is 19.7. The summed E-state index contributed by atoms with van der Waals surface area (Å²) in [5.41, 5.74) is 0.517. The molecule has 9 nitrogen and oxygen atoms in total. The molecule has 0 spiro atoms. The normalized spacial score (nSPS) is 17.3. The summed E-state index contributed by atoms with van der Waals surface area (Å²) in [5.74, 6) is -5.03. The molecule has 3 aromatic rings. The van der Waals surface area contributed by atoms with Crippen LogP contribution in [0.1, 0.15) is 78.0 Å². The lowest BCUT2D eigenvalue weighted by molar-refractivity contribution is -0.145. The fourth-order valence-electron chi connectivity index (χ4n) is 4.73. The molecule has 42 heavy (non-hydrogen) atoms. The molecule has 0 saturated heterocycles. The van der Waals surface area contributed by atoms with Gasteiger partial charge in [-0.25, -0.2) is 27.1 Å². The molecule has 3 heterocycles. The molecule has 16 heteroatoms. The number of nitrogens with zero attached hydrogens (tertiary/aromatic N) is 4. The maximum absolute atomic E-state index is 13.9. The number of nitrogens with one attached hydrogen (secondary N) is 2. The molecule has 4 rings (SSSR count). The summed E-state index contributed by atoms with van der Waals surface area (Å²) in [7, 11) is 0. The zero-order chi connectivity index (χ0) is 30.7. The first kappa shape index (κ1) is 31.1. The summed E-state index contributed by atoms with van der Waals surface area (Å²) in [6.07, 6.45) is -7.45. The standard InChI is InChI=1S/C26H27F7N6O3/c27-19(28)8-14-7-16(11-34-10-14)24(42)38-22(15-1-4-25(29,30)5-2-15)18-13-39-20(36-18)9-17(12-35-39)23(41)37-21(40)3-6-26(31,32)33/h7,9-13,15,19,22-23,41H,1-6,8H2,(H,37,40)(H,38,42)/t22-,23+/m0/s1. The van der Waals surface area contributed by atoms with Crippen molar-refractivity contribution in [3.63, 3.8) is 0 Å². The van der Waals surface area contributed by atoms with Gasteiger partial charge in [-0.1, -0.05) is 0 Å². The van der Waals surface area contributed by atoms with E-state index < -0.39 is 80.6 Å². The molecule has 228 valence electrons. The van der Waals surface area contributed by atoms with Crippen LogP contribution in [0.4, 0.5) is 30.7 Å². The van der Waals surface area contributed by atoms with Crippen molar-refractivity contribution in [1.82, 2.24) is 30.2 Å². The van der Waals surface area contributed by atoms with Gasteiger partial charge in [0.1, 0.15) is 0 Å². The average molecular weight is 605 g/mol. The fraction of sp³-hybridized carbons (Fsp3) is 0.500. The van der Waals surface area contributed by atoms with Gasteiger partial charge in [0.25, 0.3) is 5.91 Å². The highest BCUT2D eigenvalue weighted by Gasteiger charge is 2.39. The van der Waals surface area contributed by atoms with E-state index in [-0.39, 0.29) is 40.9 Å². The number of hydrogen-bond donors (Lipinski definition) is 3. The maximum atomic E-state index is 13.9. The van der Waals surface area contributed by atoms with E-state index in [2.05, 4.69) is 20.4 Å². The lowest BCUT2D eigenvalue weighted by Crippen LogP contribution is -2.37. The van der Waals surface area contributed by atoms with E-state index in [1.807, 2.05) is 5.32 Å². The Bertz CT molecular complexity index is 1400. The third-order valence-electron chi connectivity index (χ3n) is 6.89. The summed E-state index contributed by atoms with van der Waals surface area (Å²) in [4.78, 5) is 33.2. The number of aliphatic hydroxyl groups is 1. The van der Waals surface area contributed by atoms with Crippen molar-refractivity contribution in [3.05, 3.63) is 59.3 Å². The molecule has 2 atom stereocenters. The number of aromatic nitrogens is 4. The summed E-state index contributed by atoms with van der Waals surface area (Å²) >= 11 is 0. The Morgan fingerprint density at radius 2 is 1.81 bits per heavy atom. The van der Waals surface area contributed by atoms with Gasteiger partial charge in [-0.15, -0.1) is 0 Å². The van der Waals surface area contributed by atoms with Crippen molar-refractivity contribution < 1.29 is 45.4 Å². The van der Waals surface area contributed by atoms with Crippen LogP contribution in [0.5, 0.6) is 0 Å². The van der Waals surface area contributed by atoms with Gasteiger partial charge in [-0.3, -0.25) is 14.6 Å². The molecule has 0 aliphatic heterocycles. The summed E-state index contributed by atoms with van der Waals surface area (Å²) in [6, 6.07) is 1.70. The van der Waals surface area contributed by atoms with E-state index in [0.717, 1.165) is 6.20 Å². The highest BCUT2D eigenvalue weighted by atomic mass is 19.4. The highest BCUT2D eigenvalue weighted by molar-refractivity contribution is 5.94. The van der Waals surface area contributed by atoms with Gasteiger partial charge >= 0.3 is 6.18 Å². The molecule has 0 radical (unpaired) electrons. The van der Waals surface area contributed by atoms with E-state index in [1.165, 1.54) is 35.2 Å². The summed E-state index contributed by atoms with van der Waals surface area (Å²) < 4.78 is 91.9. The molecule has 0 unspecified atom stereocenters. The third-order valence-corrected chi connectivity index (χ3v) is 6.89. The number of alkyl halides is 7. The summed E-state index contributed by atoms with van der Waals surface area (Å²) in [5, 5.41) is 19.2. The molecule has 1 aliphatic carbocycles. The SMILES string of the molecule is O=C(CCC(F)(F)F)N[C@H](O)c1cnn2cc([C@@H](NC(=O)c3cncc(CC(F)F)c3)C3CCC(F)(F)CC3)nc2c1. The zero-order valence-electron chi connectivity index (χ0n) is 21.9. The number of rotatable bonds is 10. The van der Waals surface area contributed by atoms with E-state index in [9.17, 15) is 45.4 Å². The van der Waals surface area contributed by atoms with Gasteiger partial charge in [-0.2, -0.15) is 18.3 Å². The van der Waals surface area contributed by atoms with E-state index in [0.29, 0.717) is 0 Å². The van der Waals surface area contributed by atoms with Crippen molar-refractivity contribution in [2.45, 2.75) is 75.7 Å². The Kier molecular flexibility index (Phi) is 9.33. The van der Waals surface area contributed by atoms with Crippen LogP contribution in [-0.2, 0) is 11.2 Å². The molecule has 1 fully saturated rings. The molecule has 0 aromatic carbocycles. The monoisotopic (exact) mass is 604 g/mol. The van der Waals surface area contributed by atoms with Crippen LogP contribution in [0.3, 0.4) is 0 Å². The van der Waals surface area contributed by atoms with Gasteiger partial charge in [0.2, 0.25) is 18.3 Å². The predicted molar refractivity (Wildman–Crippen MR) is 132 cm³/mol. The smallest absolute Gasteiger partial charge is 0.369 e. The minimum atomic E-state index is -4.54. The Labute approximate surface area is 234 Å². The number of imidazole rings is 1. The second-order valence-corrected chi connectivity index (χ2v) is 10.2. The van der Waals surface area contributed by atoms with Crippen molar-refractivity contribution in [2.75, 3.05) is 0 Å². The van der Waals surface area contributed by atoms with E-state index in [1.54, 1.807) is 0 Å². The van der Waals surface area contributed by atoms with Crippen molar-refractivity contribution >= 4 is 17.5 Å².